The van der Waals surface area contributed by atoms with Crippen LogP contribution in [-0.4, -0.2) is 0 Å². The van der Waals surface area contributed by atoms with Crippen molar-refractivity contribution < 1.29 is 8.78 Å². The van der Waals surface area contributed by atoms with Crippen molar-refractivity contribution in [1.29, 1.82) is 0 Å². The summed E-state index contributed by atoms with van der Waals surface area (Å²) in [6, 6.07) is 66.7. The van der Waals surface area contributed by atoms with Gasteiger partial charge in [0, 0.05) is 17.1 Å². The Morgan fingerprint density at radius 3 is 1.31 bits per heavy atom. The highest BCUT2D eigenvalue weighted by Crippen LogP contribution is 2.57. The van der Waals surface area contributed by atoms with Crippen molar-refractivity contribution in [3.63, 3.8) is 0 Å². The van der Waals surface area contributed by atoms with Gasteiger partial charge in [-0.3, -0.25) is 0 Å². The van der Waals surface area contributed by atoms with Crippen LogP contribution in [0.1, 0.15) is 22.3 Å². The molecule has 0 spiro atoms. The fraction of sp³-hybridized carbons (Fsp3) is 0.0204. The molecule has 1 aliphatic rings. The van der Waals surface area contributed by atoms with E-state index in [1.807, 2.05) is 42.5 Å². The van der Waals surface area contributed by atoms with Gasteiger partial charge in [0.1, 0.15) is 11.6 Å². The summed E-state index contributed by atoms with van der Waals surface area (Å²) in [6.45, 7) is 0. The Balaban J connectivity index is 1.31. The standard InChI is InChI=1S/C49H33F2N/c50-40-25-21-38(22-26-40)49(39-23-27-41(51)28-24-39)47-20-8-7-19-45(47)46-30-29-44(33-48(46)49)52(42-17-9-15-36(31-42)34-11-3-1-4-12-34)43-18-10-16-37(32-43)35-13-5-2-6-14-35/h1-33H. The number of fused-ring (bicyclic) bond motifs is 3. The van der Waals surface area contributed by atoms with Crippen molar-refractivity contribution in [3.8, 4) is 33.4 Å². The predicted octanol–water partition coefficient (Wildman–Crippen LogP) is 13.1. The smallest absolute Gasteiger partial charge is 0.123 e. The van der Waals surface area contributed by atoms with E-state index >= 15 is 0 Å². The predicted molar refractivity (Wildman–Crippen MR) is 209 cm³/mol. The number of anilines is 3. The minimum atomic E-state index is -0.827. The normalized spacial score (nSPS) is 12.6. The Kier molecular flexibility index (Phi) is 7.82. The van der Waals surface area contributed by atoms with Crippen molar-refractivity contribution in [2.24, 2.45) is 0 Å². The zero-order chi connectivity index (χ0) is 35.1. The number of benzene rings is 8. The van der Waals surface area contributed by atoms with Crippen LogP contribution in [0.3, 0.4) is 0 Å². The molecule has 1 nitrogen and oxygen atoms in total. The van der Waals surface area contributed by atoms with Crippen LogP contribution < -0.4 is 4.90 Å². The Bertz CT molecular complexity index is 2400. The van der Waals surface area contributed by atoms with E-state index in [0.29, 0.717) is 0 Å². The van der Waals surface area contributed by atoms with Crippen LogP contribution >= 0.6 is 0 Å². The van der Waals surface area contributed by atoms with Crippen molar-refractivity contribution in [1.82, 2.24) is 0 Å². The molecule has 0 saturated carbocycles. The molecule has 0 radical (unpaired) electrons. The summed E-state index contributed by atoms with van der Waals surface area (Å²) < 4.78 is 29.1. The number of hydrogen-bond donors (Lipinski definition) is 0. The van der Waals surface area contributed by atoms with Crippen molar-refractivity contribution >= 4 is 17.1 Å². The van der Waals surface area contributed by atoms with Gasteiger partial charge in [0.05, 0.1) is 5.41 Å². The lowest BCUT2D eigenvalue weighted by Crippen LogP contribution is -2.29. The lowest BCUT2D eigenvalue weighted by molar-refractivity contribution is 0.622. The van der Waals surface area contributed by atoms with Crippen LogP contribution in [0.15, 0.2) is 200 Å². The second-order valence-corrected chi connectivity index (χ2v) is 13.2. The quantitative estimate of drug-likeness (QED) is 0.163. The molecular formula is C49H33F2N. The van der Waals surface area contributed by atoms with Crippen molar-refractivity contribution in [2.45, 2.75) is 5.41 Å². The average molecular weight is 674 g/mol. The summed E-state index contributed by atoms with van der Waals surface area (Å²) in [5.74, 6) is -0.609. The maximum absolute atomic E-state index is 14.5. The number of nitrogens with zero attached hydrogens (tertiary/aromatic N) is 1. The fourth-order valence-electron chi connectivity index (χ4n) is 7.95. The monoisotopic (exact) mass is 673 g/mol. The molecule has 0 atom stereocenters. The van der Waals surface area contributed by atoms with E-state index in [1.54, 1.807) is 0 Å². The first kappa shape index (κ1) is 31.4. The summed E-state index contributed by atoms with van der Waals surface area (Å²) in [4.78, 5) is 2.31. The third kappa shape index (κ3) is 5.30. The van der Waals surface area contributed by atoms with Gasteiger partial charge in [0.25, 0.3) is 0 Å². The highest BCUT2D eigenvalue weighted by Gasteiger charge is 2.46. The van der Waals surface area contributed by atoms with E-state index in [-0.39, 0.29) is 11.6 Å². The van der Waals surface area contributed by atoms with Gasteiger partial charge in [0.2, 0.25) is 0 Å². The Morgan fingerprint density at radius 1 is 0.327 bits per heavy atom. The summed E-state index contributed by atoms with van der Waals surface area (Å²) in [6.07, 6.45) is 0. The minimum Gasteiger partial charge on any atom is -0.310 e. The third-order valence-corrected chi connectivity index (χ3v) is 10.3. The maximum Gasteiger partial charge on any atom is 0.123 e. The second-order valence-electron chi connectivity index (χ2n) is 13.2. The molecule has 0 amide bonds. The van der Waals surface area contributed by atoms with Crippen LogP contribution in [0.4, 0.5) is 25.8 Å². The SMILES string of the molecule is Fc1ccc(C2(c3ccc(F)cc3)c3ccccc3-c3ccc(N(c4cccc(-c5ccccc5)c4)c4cccc(-c5ccccc5)c4)cc32)cc1. The van der Waals surface area contributed by atoms with E-state index in [4.69, 9.17) is 0 Å². The molecule has 0 aliphatic heterocycles. The van der Waals surface area contributed by atoms with E-state index in [1.165, 1.54) is 24.3 Å². The van der Waals surface area contributed by atoms with E-state index in [0.717, 1.165) is 72.7 Å². The Labute approximate surface area is 302 Å². The van der Waals surface area contributed by atoms with Crippen LogP contribution in [0, 0.1) is 11.6 Å². The maximum atomic E-state index is 14.5. The van der Waals surface area contributed by atoms with Gasteiger partial charge in [-0.2, -0.15) is 0 Å². The number of halogens is 2. The van der Waals surface area contributed by atoms with Gasteiger partial charge < -0.3 is 4.90 Å². The average Bonchev–Trinajstić information content (AvgIpc) is 3.50. The molecule has 0 heterocycles. The van der Waals surface area contributed by atoms with Gasteiger partial charge in [0.15, 0.2) is 0 Å². The molecule has 3 heteroatoms. The molecule has 8 aromatic rings. The zero-order valence-corrected chi connectivity index (χ0v) is 28.3. The molecular weight excluding hydrogens is 641 g/mol. The first-order valence-electron chi connectivity index (χ1n) is 17.5. The summed E-state index contributed by atoms with van der Waals surface area (Å²) >= 11 is 0. The first-order chi connectivity index (χ1) is 25.6. The summed E-state index contributed by atoms with van der Waals surface area (Å²) in [7, 11) is 0. The van der Waals surface area contributed by atoms with Gasteiger partial charge in [-0.05, 0) is 116 Å². The first-order valence-corrected chi connectivity index (χ1v) is 17.5. The summed E-state index contributed by atoms with van der Waals surface area (Å²) in [5.41, 5.74) is 12.8. The number of rotatable bonds is 7. The third-order valence-electron chi connectivity index (χ3n) is 10.3. The fourth-order valence-corrected chi connectivity index (χ4v) is 7.95. The molecule has 0 N–H and O–H groups in total. The molecule has 248 valence electrons. The molecule has 0 saturated heterocycles. The summed E-state index contributed by atoms with van der Waals surface area (Å²) in [5, 5.41) is 0. The largest absolute Gasteiger partial charge is 0.310 e. The molecule has 0 bridgehead atoms. The molecule has 0 aromatic heterocycles. The Morgan fingerprint density at radius 2 is 0.769 bits per heavy atom. The van der Waals surface area contributed by atoms with E-state index in [2.05, 4.69) is 138 Å². The molecule has 1 aliphatic carbocycles. The van der Waals surface area contributed by atoms with Gasteiger partial charge in [-0.25, -0.2) is 8.78 Å². The lowest BCUT2D eigenvalue weighted by Gasteiger charge is -2.35. The number of hydrogen-bond acceptors (Lipinski definition) is 1. The van der Waals surface area contributed by atoms with Gasteiger partial charge in [-0.15, -0.1) is 0 Å². The molecule has 0 fully saturated rings. The lowest BCUT2D eigenvalue weighted by atomic mass is 9.67. The molecule has 8 aromatic carbocycles. The highest BCUT2D eigenvalue weighted by atomic mass is 19.1. The van der Waals surface area contributed by atoms with Crippen LogP contribution in [0.25, 0.3) is 33.4 Å². The van der Waals surface area contributed by atoms with E-state index in [9.17, 15) is 8.78 Å². The molecule has 0 unspecified atom stereocenters. The van der Waals surface area contributed by atoms with Crippen LogP contribution in [0.2, 0.25) is 0 Å². The van der Waals surface area contributed by atoms with Gasteiger partial charge in [-0.1, -0.05) is 140 Å². The highest BCUT2D eigenvalue weighted by molar-refractivity contribution is 5.90. The Hall–Kier alpha value is -6.58. The topological polar surface area (TPSA) is 3.24 Å². The minimum absolute atomic E-state index is 0.305. The van der Waals surface area contributed by atoms with E-state index < -0.39 is 5.41 Å². The van der Waals surface area contributed by atoms with Crippen molar-refractivity contribution in [2.75, 3.05) is 4.90 Å². The van der Waals surface area contributed by atoms with Crippen molar-refractivity contribution in [3.05, 3.63) is 234 Å². The molecule has 52 heavy (non-hydrogen) atoms. The van der Waals surface area contributed by atoms with Crippen LogP contribution in [-0.2, 0) is 5.41 Å². The zero-order valence-electron chi connectivity index (χ0n) is 28.3. The van der Waals surface area contributed by atoms with Crippen LogP contribution in [0.5, 0.6) is 0 Å². The van der Waals surface area contributed by atoms with Gasteiger partial charge >= 0.3 is 0 Å². The second kappa shape index (κ2) is 12.9. The molecule has 9 rings (SSSR count).